The van der Waals surface area contributed by atoms with Crippen LogP contribution in [0.4, 0.5) is 0 Å². The first-order valence-corrected chi connectivity index (χ1v) is 8.73. The van der Waals surface area contributed by atoms with Crippen molar-refractivity contribution in [3.63, 3.8) is 0 Å². The molecule has 0 saturated carbocycles. The summed E-state index contributed by atoms with van der Waals surface area (Å²) in [4.78, 5) is 29.5. The molecule has 3 aromatic rings. The van der Waals surface area contributed by atoms with Crippen molar-refractivity contribution in [2.45, 2.75) is 19.3 Å². The summed E-state index contributed by atoms with van der Waals surface area (Å²) in [5, 5.41) is 0.918. The van der Waals surface area contributed by atoms with Gasteiger partial charge in [0, 0.05) is 36.6 Å². The van der Waals surface area contributed by atoms with Gasteiger partial charge in [-0.2, -0.15) is 0 Å². The van der Waals surface area contributed by atoms with Gasteiger partial charge in [-0.3, -0.25) is 9.59 Å². The van der Waals surface area contributed by atoms with E-state index in [9.17, 15) is 9.59 Å². The molecule has 0 aliphatic carbocycles. The van der Waals surface area contributed by atoms with Crippen molar-refractivity contribution in [3.8, 4) is 11.4 Å². The zero-order valence-corrected chi connectivity index (χ0v) is 14.3. The van der Waals surface area contributed by atoms with E-state index < -0.39 is 0 Å². The van der Waals surface area contributed by atoms with Crippen molar-refractivity contribution in [3.05, 3.63) is 54.4 Å². The van der Waals surface area contributed by atoms with Crippen molar-refractivity contribution in [2.24, 2.45) is 0 Å². The molecule has 0 bridgehead atoms. The number of pyridine rings is 1. The number of likely N-dealkylation sites (tertiary alicyclic amines) is 1. The van der Waals surface area contributed by atoms with Crippen molar-refractivity contribution < 1.29 is 14.3 Å². The molecule has 1 fully saturated rings. The molecule has 4 rings (SSSR count). The zero-order chi connectivity index (χ0) is 17.9. The molecule has 6 heteroatoms. The molecule has 1 saturated heterocycles. The van der Waals surface area contributed by atoms with Crippen LogP contribution in [0.5, 0.6) is 5.75 Å². The Hall–Kier alpha value is -3.15. The predicted octanol–water partition coefficient (Wildman–Crippen LogP) is 3.19. The third-order valence-corrected chi connectivity index (χ3v) is 4.72. The number of rotatable bonds is 4. The highest BCUT2D eigenvalue weighted by Crippen LogP contribution is 2.22. The summed E-state index contributed by atoms with van der Waals surface area (Å²) in [6.45, 7) is 2.06. The molecule has 1 aromatic carbocycles. The molecule has 3 heterocycles. The van der Waals surface area contributed by atoms with E-state index in [2.05, 4.69) is 4.98 Å². The van der Waals surface area contributed by atoms with E-state index in [-0.39, 0.29) is 5.91 Å². The summed E-state index contributed by atoms with van der Waals surface area (Å²) < 4.78 is 6.76. The Balaban J connectivity index is 1.62. The van der Waals surface area contributed by atoms with Crippen LogP contribution in [0.25, 0.3) is 16.7 Å². The Morgan fingerprint density at radius 3 is 2.58 bits per heavy atom. The van der Waals surface area contributed by atoms with Crippen molar-refractivity contribution >= 4 is 23.4 Å². The largest absolute Gasteiger partial charge is 0.429 e. The molecular weight excluding hydrogens is 330 g/mol. The average Bonchev–Trinajstić information content (AvgIpc) is 3.12. The number of nitrogens with zero attached hydrogens (tertiary/aromatic N) is 3. The number of amides is 1. The van der Waals surface area contributed by atoms with E-state index in [1.54, 1.807) is 18.3 Å². The fourth-order valence-electron chi connectivity index (χ4n) is 3.37. The van der Waals surface area contributed by atoms with Gasteiger partial charge in [0.25, 0.3) is 12.4 Å². The van der Waals surface area contributed by atoms with Gasteiger partial charge in [0.15, 0.2) is 0 Å². The molecule has 1 amide bonds. The topological polar surface area (TPSA) is 64.4 Å². The number of hydrogen-bond donors (Lipinski definition) is 0. The predicted molar refractivity (Wildman–Crippen MR) is 97.5 cm³/mol. The minimum atomic E-state index is 0.0576. The van der Waals surface area contributed by atoms with E-state index >= 15 is 0 Å². The summed E-state index contributed by atoms with van der Waals surface area (Å²) >= 11 is 0. The first-order valence-electron chi connectivity index (χ1n) is 8.73. The van der Waals surface area contributed by atoms with Crippen LogP contribution in [0.1, 0.15) is 29.6 Å². The molecule has 0 unspecified atom stereocenters. The smallest absolute Gasteiger partial charge is 0.298 e. The van der Waals surface area contributed by atoms with Crippen molar-refractivity contribution in [2.75, 3.05) is 13.1 Å². The van der Waals surface area contributed by atoms with Gasteiger partial charge >= 0.3 is 0 Å². The number of benzene rings is 1. The molecule has 132 valence electrons. The second kappa shape index (κ2) is 7.00. The Kier molecular flexibility index (Phi) is 4.39. The molecular formula is C20H19N3O3. The van der Waals surface area contributed by atoms with Crippen molar-refractivity contribution in [1.82, 2.24) is 14.5 Å². The molecule has 0 atom stereocenters. The lowest BCUT2D eigenvalue weighted by Crippen LogP contribution is -2.35. The number of aromatic nitrogens is 2. The number of fused-ring (bicyclic) bond motifs is 1. The lowest BCUT2D eigenvalue weighted by Gasteiger charge is -2.26. The quantitative estimate of drug-likeness (QED) is 0.679. The van der Waals surface area contributed by atoms with Crippen LogP contribution in [0.3, 0.4) is 0 Å². The fourth-order valence-corrected chi connectivity index (χ4v) is 3.37. The molecule has 1 aliphatic heterocycles. The Bertz CT molecular complexity index is 941. The van der Waals surface area contributed by atoms with Crippen LogP contribution in [0.15, 0.2) is 48.8 Å². The molecule has 6 nitrogen and oxygen atoms in total. The van der Waals surface area contributed by atoms with E-state index in [4.69, 9.17) is 4.74 Å². The van der Waals surface area contributed by atoms with Gasteiger partial charge in [-0.25, -0.2) is 4.98 Å². The lowest BCUT2D eigenvalue weighted by molar-refractivity contribution is -0.120. The summed E-state index contributed by atoms with van der Waals surface area (Å²) in [6, 6.07) is 11.0. The standard InChI is InChI=1S/C20H19N3O3/c24-14-26-18-6-4-17(5-7-18)23-11-8-15-12-16(13-21-19(15)23)20(25)22-9-2-1-3-10-22/h4-8,11-14H,1-3,9-10H2. The summed E-state index contributed by atoms with van der Waals surface area (Å²) in [6.07, 6.45) is 6.91. The number of ether oxygens (including phenoxy) is 1. The van der Waals surface area contributed by atoms with Gasteiger partial charge in [-0.05, 0) is 55.7 Å². The maximum atomic E-state index is 12.7. The zero-order valence-electron chi connectivity index (χ0n) is 14.3. The number of carbonyl (C=O) groups is 2. The lowest BCUT2D eigenvalue weighted by atomic mass is 10.1. The van der Waals surface area contributed by atoms with E-state index in [0.717, 1.165) is 42.7 Å². The highest BCUT2D eigenvalue weighted by atomic mass is 16.5. The Morgan fingerprint density at radius 1 is 1.08 bits per heavy atom. The third-order valence-electron chi connectivity index (χ3n) is 4.72. The number of carbonyl (C=O) groups excluding carboxylic acids is 2. The Morgan fingerprint density at radius 2 is 1.85 bits per heavy atom. The number of hydrogen-bond acceptors (Lipinski definition) is 4. The minimum Gasteiger partial charge on any atom is -0.429 e. The highest BCUT2D eigenvalue weighted by Gasteiger charge is 2.19. The van der Waals surface area contributed by atoms with Gasteiger partial charge in [-0.1, -0.05) is 0 Å². The Labute approximate surface area is 151 Å². The van der Waals surface area contributed by atoms with Crippen molar-refractivity contribution in [1.29, 1.82) is 0 Å². The monoisotopic (exact) mass is 349 g/mol. The number of piperidine rings is 1. The normalized spacial score (nSPS) is 14.4. The minimum absolute atomic E-state index is 0.0576. The summed E-state index contributed by atoms with van der Waals surface area (Å²) in [5.74, 6) is 0.546. The SMILES string of the molecule is O=COc1ccc(-n2ccc3cc(C(=O)N4CCCCC4)cnc32)cc1. The van der Waals surface area contributed by atoms with Crippen LogP contribution in [-0.2, 0) is 4.79 Å². The fraction of sp³-hybridized carbons (Fsp3) is 0.250. The first-order chi connectivity index (χ1) is 12.8. The average molecular weight is 349 g/mol. The molecule has 0 spiro atoms. The van der Waals surface area contributed by atoms with E-state index in [0.29, 0.717) is 17.8 Å². The van der Waals surface area contributed by atoms with Gasteiger partial charge in [-0.15, -0.1) is 0 Å². The van der Waals surface area contributed by atoms with Gasteiger partial charge in [0.05, 0.1) is 5.56 Å². The van der Waals surface area contributed by atoms with Gasteiger partial charge in [0.1, 0.15) is 11.4 Å². The molecule has 0 radical (unpaired) electrons. The molecule has 1 aliphatic rings. The van der Waals surface area contributed by atoms with Crippen LogP contribution < -0.4 is 4.74 Å². The molecule has 2 aromatic heterocycles. The second-order valence-corrected chi connectivity index (χ2v) is 6.38. The van der Waals surface area contributed by atoms with Crippen LogP contribution in [0, 0.1) is 0 Å². The maximum absolute atomic E-state index is 12.7. The summed E-state index contributed by atoms with van der Waals surface area (Å²) in [5.41, 5.74) is 2.32. The second-order valence-electron chi connectivity index (χ2n) is 6.38. The van der Waals surface area contributed by atoms with Crippen LogP contribution in [-0.4, -0.2) is 39.9 Å². The van der Waals surface area contributed by atoms with Crippen LogP contribution >= 0.6 is 0 Å². The van der Waals surface area contributed by atoms with E-state index in [1.165, 1.54) is 6.42 Å². The van der Waals surface area contributed by atoms with Crippen LogP contribution in [0.2, 0.25) is 0 Å². The third kappa shape index (κ3) is 3.06. The first kappa shape index (κ1) is 16.3. The maximum Gasteiger partial charge on any atom is 0.298 e. The summed E-state index contributed by atoms with van der Waals surface area (Å²) in [7, 11) is 0. The van der Waals surface area contributed by atoms with Gasteiger partial charge < -0.3 is 14.2 Å². The highest BCUT2D eigenvalue weighted by molar-refractivity contribution is 5.97. The molecule has 26 heavy (non-hydrogen) atoms. The van der Waals surface area contributed by atoms with E-state index in [1.807, 2.05) is 39.9 Å². The molecule has 0 N–H and O–H groups in total. The van der Waals surface area contributed by atoms with Gasteiger partial charge in [0.2, 0.25) is 0 Å².